The Morgan fingerprint density at radius 3 is 2.80 bits per heavy atom. The lowest BCUT2D eigenvalue weighted by Gasteiger charge is -2.26. The zero-order valence-electron chi connectivity index (χ0n) is 17.3. The summed E-state index contributed by atoms with van der Waals surface area (Å²) in [4.78, 5) is 11.9. The number of nitrogens with zero attached hydrogens (tertiary/aromatic N) is 1. The maximum absolute atomic E-state index is 13.4. The van der Waals surface area contributed by atoms with Gasteiger partial charge in [-0.2, -0.15) is 0 Å². The minimum absolute atomic E-state index is 0.182. The molecule has 1 unspecified atom stereocenters. The van der Waals surface area contributed by atoms with Crippen LogP contribution in [-0.4, -0.2) is 34.6 Å². The number of para-hydroxylation sites is 1. The van der Waals surface area contributed by atoms with Gasteiger partial charge in [0.05, 0.1) is 23.2 Å². The largest absolute Gasteiger partial charge is 0.466 e. The highest BCUT2D eigenvalue weighted by Gasteiger charge is 2.37. The van der Waals surface area contributed by atoms with Crippen molar-refractivity contribution >= 4 is 44.3 Å². The number of carbonyl (C=O) groups is 1. The Hall–Kier alpha value is -1.65. The standard InChI is InChI=1S/C22H27IN2O4S/c1-4-29-21(26)11-7-8-12-24-22-16-9-5-6-10-19(16)25(3)30(27,28)20-14-18(23)15(2)13-17(20)22/h5-6,9-10,14,22,24H,2,4,7-8,11-13H2,1,3H3. The molecule has 1 aromatic carbocycles. The average Bonchev–Trinajstić information content (AvgIpc) is 2.77. The molecule has 1 aliphatic carbocycles. The first-order valence-electron chi connectivity index (χ1n) is 10.0. The molecule has 1 atom stereocenters. The summed E-state index contributed by atoms with van der Waals surface area (Å²) >= 11 is 2.15. The number of sulfonamides is 1. The van der Waals surface area contributed by atoms with Crippen LogP contribution in [0.25, 0.3) is 0 Å². The van der Waals surface area contributed by atoms with E-state index < -0.39 is 10.0 Å². The van der Waals surface area contributed by atoms with E-state index in [1.54, 1.807) is 20.0 Å². The van der Waals surface area contributed by atoms with Crippen molar-refractivity contribution in [1.82, 2.24) is 5.32 Å². The lowest BCUT2D eigenvalue weighted by molar-refractivity contribution is -0.143. The van der Waals surface area contributed by atoms with Crippen LogP contribution in [0.5, 0.6) is 0 Å². The molecule has 3 rings (SSSR count). The molecule has 6 nitrogen and oxygen atoms in total. The van der Waals surface area contributed by atoms with E-state index in [2.05, 4.69) is 34.5 Å². The Labute approximate surface area is 192 Å². The molecule has 1 N–H and O–H groups in total. The number of carbonyl (C=O) groups excluding carboxylic acids is 1. The second-order valence-corrected chi connectivity index (χ2v) is 10.4. The molecule has 1 aromatic rings. The van der Waals surface area contributed by atoms with Crippen molar-refractivity contribution in [2.75, 3.05) is 24.5 Å². The Morgan fingerprint density at radius 2 is 2.07 bits per heavy atom. The summed E-state index contributed by atoms with van der Waals surface area (Å²) in [6.45, 7) is 6.97. The van der Waals surface area contributed by atoms with E-state index in [9.17, 15) is 13.2 Å². The second-order valence-electron chi connectivity index (χ2n) is 7.34. The fourth-order valence-corrected chi connectivity index (χ4v) is 6.01. The number of unbranched alkanes of at least 4 members (excludes halogenated alkanes) is 1. The zero-order valence-corrected chi connectivity index (χ0v) is 20.3. The summed E-state index contributed by atoms with van der Waals surface area (Å²) in [5, 5.41) is 3.54. The summed E-state index contributed by atoms with van der Waals surface area (Å²) < 4.78 is 33.9. The summed E-state index contributed by atoms with van der Waals surface area (Å²) in [7, 11) is -2.06. The van der Waals surface area contributed by atoms with Crippen LogP contribution in [0.2, 0.25) is 0 Å². The number of rotatable bonds is 7. The van der Waals surface area contributed by atoms with Gasteiger partial charge in [0.15, 0.2) is 0 Å². The smallest absolute Gasteiger partial charge is 0.305 e. The molecule has 2 aliphatic rings. The van der Waals surface area contributed by atoms with Gasteiger partial charge in [-0.05, 0) is 84.2 Å². The van der Waals surface area contributed by atoms with Gasteiger partial charge in [0.2, 0.25) is 0 Å². The molecular weight excluding hydrogens is 515 g/mol. The summed E-state index contributed by atoms with van der Waals surface area (Å²) in [6.07, 6.45) is 4.13. The third kappa shape index (κ3) is 4.65. The lowest BCUT2D eigenvalue weighted by atomic mass is 9.89. The van der Waals surface area contributed by atoms with Crippen molar-refractivity contribution in [3.63, 3.8) is 0 Å². The number of esters is 1. The zero-order chi connectivity index (χ0) is 21.9. The summed E-state index contributed by atoms with van der Waals surface area (Å²) in [5.74, 6) is -0.182. The highest BCUT2D eigenvalue weighted by atomic mass is 127. The third-order valence-corrected chi connectivity index (χ3v) is 8.28. The molecule has 1 aliphatic heterocycles. The fraction of sp³-hybridized carbons (Fsp3) is 0.409. The number of nitrogens with one attached hydrogen (secondary N) is 1. The average molecular weight is 542 g/mol. The molecule has 0 amide bonds. The van der Waals surface area contributed by atoms with Crippen LogP contribution in [-0.2, 0) is 19.6 Å². The Morgan fingerprint density at radius 1 is 1.33 bits per heavy atom. The summed E-state index contributed by atoms with van der Waals surface area (Å²) in [6, 6.07) is 7.35. The van der Waals surface area contributed by atoms with Crippen LogP contribution in [0.1, 0.15) is 44.2 Å². The molecule has 0 saturated carbocycles. The van der Waals surface area contributed by atoms with Crippen molar-refractivity contribution in [3.8, 4) is 0 Å². The number of anilines is 1. The van der Waals surface area contributed by atoms with Gasteiger partial charge in [0.25, 0.3) is 10.0 Å². The molecule has 0 aromatic heterocycles. The molecule has 30 heavy (non-hydrogen) atoms. The van der Waals surface area contributed by atoms with Crippen LogP contribution < -0.4 is 9.62 Å². The molecular formula is C22H27IN2O4S. The van der Waals surface area contributed by atoms with Gasteiger partial charge < -0.3 is 10.1 Å². The van der Waals surface area contributed by atoms with E-state index in [4.69, 9.17) is 4.74 Å². The number of fused-ring (bicyclic) bond motifs is 1. The van der Waals surface area contributed by atoms with E-state index >= 15 is 0 Å². The van der Waals surface area contributed by atoms with E-state index in [0.717, 1.165) is 33.1 Å². The number of halogens is 1. The first kappa shape index (κ1) is 23.0. The van der Waals surface area contributed by atoms with Crippen molar-refractivity contribution < 1.29 is 17.9 Å². The van der Waals surface area contributed by atoms with Gasteiger partial charge in [0.1, 0.15) is 0 Å². The number of ether oxygens (including phenoxy) is 1. The summed E-state index contributed by atoms with van der Waals surface area (Å²) in [5.41, 5.74) is 3.34. The molecule has 0 saturated heterocycles. The molecule has 162 valence electrons. The number of benzene rings is 1. The Kier molecular flexibility index (Phi) is 7.41. The number of allylic oxidation sites excluding steroid dienone is 3. The van der Waals surface area contributed by atoms with Crippen LogP contribution in [0.4, 0.5) is 5.69 Å². The highest BCUT2D eigenvalue weighted by molar-refractivity contribution is 14.1. The molecule has 0 radical (unpaired) electrons. The first-order valence-corrected chi connectivity index (χ1v) is 12.5. The van der Waals surface area contributed by atoms with E-state index in [1.807, 2.05) is 24.3 Å². The maximum Gasteiger partial charge on any atom is 0.305 e. The van der Waals surface area contributed by atoms with Crippen molar-refractivity contribution in [2.45, 2.75) is 38.6 Å². The highest BCUT2D eigenvalue weighted by Crippen LogP contribution is 2.45. The Balaban J connectivity index is 1.91. The van der Waals surface area contributed by atoms with Gasteiger partial charge in [-0.3, -0.25) is 9.10 Å². The van der Waals surface area contributed by atoms with Crippen LogP contribution in [0.3, 0.4) is 0 Å². The second kappa shape index (κ2) is 9.65. The van der Waals surface area contributed by atoms with Gasteiger partial charge in [-0.1, -0.05) is 24.8 Å². The van der Waals surface area contributed by atoms with Crippen molar-refractivity contribution in [1.29, 1.82) is 0 Å². The third-order valence-electron chi connectivity index (χ3n) is 5.35. The minimum Gasteiger partial charge on any atom is -0.466 e. The van der Waals surface area contributed by atoms with E-state index in [-0.39, 0.29) is 12.0 Å². The van der Waals surface area contributed by atoms with Crippen molar-refractivity contribution in [2.24, 2.45) is 0 Å². The SMILES string of the molecule is C=C1CC2=C(C=C1I)S(=O)(=O)N(C)c1ccccc1C2NCCCCC(=O)OCC. The van der Waals surface area contributed by atoms with E-state index in [0.29, 0.717) is 36.6 Å². The first-order chi connectivity index (χ1) is 14.3. The Bertz CT molecular complexity index is 1010. The maximum atomic E-state index is 13.4. The quantitative estimate of drug-likeness (QED) is 0.315. The van der Waals surface area contributed by atoms with Gasteiger partial charge in [0, 0.05) is 17.0 Å². The number of hydrogen-bond donors (Lipinski definition) is 1. The molecule has 8 heteroatoms. The van der Waals surface area contributed by atoms with Gasteiger partial charge >= 0.3 is 5.97 Å². The van der Waals surface area contributed by atoms with Crippen LogP contribution in [0, 0.1) is 0 Å². The van der Waals surface area contributed by atoms with Crippen LogP contribution in [0.15, 0.2) is 56.6 Å². The monoisotopic (exact) mass is 542 g/mol. The van der Waals surface area contributed by atoms with Crippen LogP contribution >= 0.6 is 22.6 Å². The minimum atomic E-state index is -3.66. The molecule has 0 fully saturated rings. The van der Waals surface area contributed by atoms with Gasteiger partial charge in [-0.15, -0.1) is 0 Å². The predicted molar refractivity (Wildman–Crippen MR) is 128 cm³/mol. The fourth-order valence-electron chi connectivity index (χ4n) is 3.79. The normalized spacial score (nSPS) is 20.2. The van der Waals surface area contributed by atoms with Gasteiger partial charge in [-0.25, -0.2) is 8.42 Å². The molecule has 0 spiro atoms. The number of hydrogen-bond acceptors (Lipinski definition) is 5. The van der Waals surface area contributed by atoms with E-state index in [1.165, 1.54) is 4.31 Å². The lowest BCUT2D eigenvalue weighted by Crippen LogP contribution is -2.28. The molecule has 0 bridgehead atoms. The molecule has 1 heterocycles. The predicted octanol–water partition coefficient (Wildman–Crippen LogP) is 4.36. The van der Waals surface area contributed by atoms with Crippen molar-refractivity contribution in [3.05, 3.63) is 62.1 Å². The topological polar surface area (TPSA) is 75.7 Å².